The number of pyridine rings is 1. The molecule has 0 radical (unpaired) electrons. The van der Waals surface area contributed by atoms with Gasteiger partial charge in [-0.25, -0.2) is 0 Å². The number of benzene rings is 1. The van der Waals surface area contributed by atoms with Gasteiger partial charge in [0.05, 0.1) is 11.1 Å². The van der Waals surface area contributed by atoms with Crippen molar-refractivity contribution in [3.8, 4) is 0 Å². The van der Waals surface area contributed by atoms with Crippen LogP contribution in [0.1, 0.15) is 38.2 Å². The Labute approximate surface area is 143 Å². The predicted octanol–water partition coefficient (Wildman–Crippen LogP) is 3.37. The molecule has 3 aromatic rings. The smallest absolute Gasteiger partial charge is 0.270 e. The van der Waals surface area contributed by atoms with Gasteiger partial charge in [0, 0.05) is 24.2 Å². The molecule has 0 fully saturated rings. The summed E-state index contributed by atoms with van der Waals surface area (Å²) in [6, 6.07) is 8.80. The van der Waals surface area contributed by atoms with Crippen LogP contribution in [-0.4, -0.2) is 11.7 Å². The number of nitrogens with one attached hydrogen (secondary N) is 2. The molecule has 0 spiro atoms. The van der Waals surface area contributed by atoms with Gasteiger partial charge < -0.3 is 11.1 Å². The summed E-state index contributed by atoms with van der Waals surface area (Å²) in [6.07, 6.45) is 0. The largest absolute Gasteiger partial charge is 0.397 e. The van der Waals surface area contributed by atoms with E-state index >= 15 is 0 Å². The van der Waals surface area contributed by atoms with Crippen LogP contribution in [0.4, 0.5) is 11.4 Å². The molecule has 4 N–H and O–H groups in total. The van der Waals surface area contributed by atoms with Crippen LogP contribution in [0.15, 0.2) is 30.3 Å². The zero-order valence-corrected chi connectivity index (χ0v) is 14.5. The first-order chi connectivity index (χ1) is 11.4. The zero-order chi connectivity index (χ0) is 17.4. The summed E-state index contributed by atoms with van der Waals surface area (Å²) in [7, 11) is 0. The number of rotatable bonds is 3. The molecule has 24 heavy (non-hydrogen) atoms. The van der Waals surface area contributed by atoms with Crippen LogP contribution in [0, 0.1) is 13.8 Å². The number of aryl methyl sites for hydroxylation is 2. The van der Waals surface area contributed by atoms with Crippen molar-refractivity contribution in [1.29, 1.82) is 0 Å². The molecule has 0 bridgehead atoms. The van der Waals surface area contributed by atoms with Crippen LogP contribution in [0.5, 0.6) is 0 Å². The van der Waals surface area contributed by atoms with Gasteiger partial charge >= 0.3 is 0 Å². The second-order valence-corrected chi connectivity index (χ2v) is 6.79. The molecule has 2 heterocycles. The summed E-state index contributed by atoms with van der Waals surface area (Å²) < 4.78 is 0. The van der Waals surface area contributed by atoms with E-state index in [9.17, 15) is 9.59 Å². The van der Waals surface area contributed by atoms with Gasteiger partial charge in [-0.15, -0.1) is 0 Å². The van der Waals surface area contributed by atoms with Crippen molar-refractivity contribution in [2.24, 2.45) is 0 Å². The summed E-state index contributed by atoms with van der Waals surface area (Å²) in [6.45, 7) is 5.46. The van der Waals surface area contributed by atoms with Gasteiger partial charge in [-0.05, 0) is 43.7 Å². The molecule has 0 aliphatic heterocycles. The fourth-order valence-electron chi connectivity index (χ4n) is 2.68. The lowest BCUT2D eigenvalue weighted by molar-refractivity contribution is -0.351. The van der Waals surface area contributed by atoms with Gasteiger partial charge in [0.25, 0.3) is 10.7 Å². The fraction of sp³-hybridized carbons (Fsp3) is 0.167. The highest BCUT2D eigenvalue weighted by atomic mass is 32.1. The molecule has 1 aromatic carbocycles. The third-order valence-corrected chi connectivity index (χ3v) is 4.96. The summed E-state index contributed by atoms with van der Waals surface area (Å²) in [5.74, 6) is -0.266. The Hall–Kier alpha value is -2.73. The molecule has 122 valence electrons. The summed E-state index contributed by atoms with van der Waals surface area (Å²) in [5, 5.41) is 3.72. The minimum Gasteiger partial charge on any atom is -0.397 e. The number of aromatic nitrogens is 1. The Bertz CT molecular complexity index is 959. The van der Waals surface area contributed by atoms with E-state index in [2.05, 4.69) is 10.3 Å². The van der Waals surface area contributed by atoms with E-state index in [4.69, 9.17) is 5.73 Å². The minimum atomic E-state index is -0.255. The van der Waals surface area contributed by atoms with E-state index in [0.29, 0.717) is 21.8 Å². The number of carbonyl (C=O) groups is 2. The highest BCUT2D eigenvalue weighted by Gasteiger charge is 2.22. The highest BCUT2D eigenvalue weighted by molar-refractivity contribution is 7.20. The third kappa shape index (κ3) is 2.88. The number of aromatic amines is 1. The molecule has 3 rings (SSSR count). The van der Waals surface area contributed by atoms with Crippen molar-refractivity contribution in [3.05, 3.63) is 52.0 Å². The predicted molar refractivity (Wildman–Crippen MR) is 96.7 cm³/mol. The number of Topliss-reactive ketones (excluding diaryl/α,β-unsaturated/α-hetero) is 1. The Kier molecular flexibility index (Phi) is 4.07. The van der Waals surface area contributed by atoms with E-state index in [-0.39, 0.29) is 11.7 Å². The SMILES string of the molecule is CC(=O)c1ccc(NC(=O)c2sc3[nH+]c(C)cc(C)c3c2N)cc1. The van der Waals surface area contributed by atoms with Crippen molar-refractivity contribution >= 4 is 44.6 Å². The number of hydrogen-bond acceptors (Lipinski definition) is 4. The second kappa shape index (κ2) is 6.05. The number of carbonyl (C=O) groups excluding carboxylic acids is 2. The summed E-state index contributed by atoms with van der Waals surface area (Å²) in [4.78, 5) is 28.5. The monoisotopic (exact) mass is 340 g/mol. The molecule has 5 nitrogen and oxygen atoms in total. The first kappa shape index (κ1) is 16.1. The number of thiophene rings is 1. The lowest BCUT2D eigenvalue weighted by Crippen LogP contribution is -2.12. The number of fused-ring (bicyclic) bond motifs is 1. The van der Waals surface area contributed by atoms with Crippen LogP contribution in [0.3, 0.4) is 0 Å². The van der Waals surface area contributed by atoms with Crippen LogP contribution >= 0.6 is 11.3 Å². The van der Waals surface area contributed by atoms with Crippen molar-refractivity contribution in [3.63, 3.8) is 0 Å². The molecule has 0 saturated heterocycles. The maximum atomic E-state index is 12.6. The van der Waals surface area contributed by atoms with Gasteiger partial charge in [0.2, 0.25) is 0 Å². The Balaban J connectivity index is 1.92. The summed E-state index contributed by atoms with van der Waals surface area (Å²) in [5.41, 5.74) is 9.97. The maximum absolute atomic E-state index is 12.6. The van der Waals surface area contributed by atoms with Crippen molar-refractivity contribution in [2.45, 2.75) is 20.8 Å². The van der Waals surface area contributed by atoms with Gasteiger partial charge in [-0.1, -0.05) is 11.3 Å². The normalized spacial score (nSPS) is 10.8. The average molecular weight is 340 g/mol. The van der Waals surface area contributed by atoms with E-state index in [1.807, 2.05) is 19.9 Å². The number of hydrogen-bond donors (Lipinski definition) is 2. The van der Waals surface area contributed by atoms with Crippen molar-refractivity contribution in [1.82, 2.24) is 0 Å². The summed E-state index contributed by atoms with van der Waals surface area (Å²) >= 11 is 1.34. The quantitative estimate of drug-likeness (QED) is 0.717. The van der Waals surface area contributed by atoms with Gasteiger partial charge in [0.15, 0.2) is 11.5 Å². The molecule has 0 saturated carbocycles. The number of nitrogens with two attached hydrogens (primary N) is 1. The zero-order valence-electron chi connectivity index (χ0n) is 13.7. The highest BCUT2D eigenvalue weighted by Crippen LogP contribution is 2.33. The molecule has 0 atom stereocenters. The van der Waals surface area contributed by atoms with Crippen molar-refractivity contribution in [2.75, 3.05) is 11.1 Å². The topological polar surface area (TPSA) is 86.3 Å². The molecule has 0 unspecified atom stereocenters. The van der Waals surface area contributed by atoms with E-state index in [1.165, 1.54) is 18.3 Å². The number of nitrogen functional groups attached to an aromatic ring is 1. The van der Waals surface area contributed by atoms with Gasteiger partial charge in [-0.2, -0.15) is 4.98 Å². The second-order valence-electron chi connectivity index (χ2n) is 5.77. The Morgan fingerprint density at radius 3 is 2.46 bits per heavy atom. The van der Waals surface area contributed by atoms with Gasteiger partial charge in [-0.3, -0.25) is 9.59 Å². The van der Waals surface area contributed by atoms with Gasteiger partial charge in [0.1, 0.15) is 4.88 Å². The number of anilines is 2. The van der Waals surface area contributed by atoms with Crippen LogP contribution in [-0.2, 0) is 0 Å². The average Bonchev–Trinajstić information content (AvgIpc) is 2.84. The maximum Gasteiger partial charge on any atom is 0.270 e. The number of amides is 1. The lowest BCUT2D eigenvalue weighted by Gasteiger charge is -2.05. The van der Waals surface area contributed by atoms with Crippen molar-refractivity contribution < 1.29 is 14.6 Å². The number of ketones is 1. The molecule has 6 heteroatoms. The van der Waals surface area contributed by atoms with Crippen LogP contribution in [0.25, 0.3) is 10.2 Å². The molecule has 1 amide bonds. The number of H-pyrrole nitrogens is 1. The van der Waals surface area contributed by atoms with Crippen LogP contribution in [0.2, 0.25) is 0 Å². The third-order valence-electron chi connectivity index (χ3n) is 3.84. The fourth-order valence-corrected chi connectivity index (χ4v) is 3.83. The van der Waals surface area contributed by atoms with E-state index < -0.39 is 0 Å². The standard InChI is InChI=1S/C18H17N3O2S/c1-9-8-10(2)20-18-14(9)15(19)16(24-18)17(23)21-13-6-4-12(5-7-13)11(3)22/h4-8H,19H2,1-3H3,(H,21,23)/p+1. The lowest BCUT2D eigenvalue weighted by atomic mass is 10.1. The molecular formula is C18H18N3O2S+. The molecule has 0 aliphatic rings. The van der Waals surface area contributed by atoms with E-state index in [1.54, 1.807) is 24.3 Å². The molecule has 2 aromatic heterocycles. The van der Waals surface area contributed by atoms with E-state index in [0.717, 1.165) is 21.5 Å². The minimum absolute atomic E-state index is 0.0111. The Morgan fingerprint density at radius 1 is 1.17 bits per heavy atom. The molecular weight excluding hydrogens is 322 g/mol. The first-order valence-corrected chi connectivity index (χ1v) is 8.32. The Morgan fingerprint density at radius 2 is 1.83 bits per heavy atom. The van der Waals surface area contributed by atoms with Crippen LogP contribution < -0.4 is 16.0 Å². The first-order valence-electron chi connectivity index (χ1n) is 7.50. The molecule has 0 aliphatic carbocycles.